The van der Waals surface area contributed by atoms with Crippen molar-refractivity contribution in [1.82, 2.24) is 10.2 Å². The first-order chi connectivity index (χ1) is 12.6. The molecular weight excluding hydrogens is 344 g/mol. The number of fused-ring (bicyclic) bond motifs is 1. The van der Waals surface area contributed by atoms with Crippen LogP contribution < -0.4 is 5.32 Å². The van der Waals surface area contributed by atoms with Gasteiger partial charge in [0.2, 0.25) is 0 Å². The number of piperidine rings is 1. The molecule has 4 aliphatic rings. The van der Waals surface area contributed by atoms with Gasteiger partial charge in [0.1, 0.15) is 6.10 Å². The second kappa shape index (κ2) is 8.40. The molecule has 3 aliphatic heterocycles. The fourth-order valence-electron chi connectivity index (χ4n) is 5.57. The number of carbonyl (C=O) groups excluding carboxylic acids is 1. The van der Waals surface area contributed by atoms with Crippen molar-refractivity contribution in [2.75, 3.05) is 18.8 Å². The van der Waals surface area contributed by atoms with E-state index >= 15 is 0 Å². The lowest BCUT2D eigenvalue weighted by Gasteiger charge is -2.38. The van der Waals surface area contributed by atoms with Crippen LogP contribution in [-0.2, 0) is 9.53 Å². The zero-order valence-electron chi connectivity index (χ0n) is 16.5. The maximum absolute atomic E-state index is 13.6. The van der Waals surface area contributed by atoms with Gasteiger partial charge in [-0.3, -0.25) is 10.1 Å². The maximum Gasteiger partial charge on any atom is 0.253 e. The molecule has 0 bridgehead atoms. The highest BCUT2D eigenvalue weighted by Crippen LogP contribution is 2.44. The van der Waals surface area contributed by atoms with Crippen LogP contribution in [0.15, 0.2) is 0 Å². The number of thioether (sulfide) groups is 1. The average molecular weight is 381 g/mol. The SMILES string of the molecule is CC1CCC2C(C1)OC(C(=O)N(CC1CCCS1)C1CCCCN1)C2C. The smallest absolute Gasteiger partial charge is 0.253 e. The molecule has 0 aromatic heterocycles. The average Bonchev–Trinajstić information content (AvgIpc) is 3.28. The topological polar surface area (TPSA) is 41.6 Å². The first-order valence-electron chi connectivity index (χ1n) is 10.9. The summed E-state index contributed by atoms with van der Waals surface area (Å²) in [4.78, 5) is 15.8. The highest BCUT2D eigenvalue weighted by molar-refractivity contribution is 8.00. The molecule has 148 valence electrons. The number of nitrogens with zero attached hydrogens (tertiary/aromatic N) is 1. The Morgan fingerprint density at radius 1 is 1.15 bits per heavy atom. The van der Waals surface area contributed by atoms with Crippen molar-refractivity contribution in [3.63, 3.8) is 0 Å². The second-order valence-electron chi connectivity index (χ2n) is 9.13. The van der Waals surface area contributed by atoms with Crippen LogP contribution in [-0.4, -0.2) is 53.3 Å². The number of nitrogens with one attached hydrogen (secondary N) is 1. The van der Waals surface area contributed by atoms with Gasteiger partial charge < -0.3 is 9.64 Å². The Hall–Kier alpha value is -0.260. The number of rotatable bonds is 4. The fourth-order valence-corrected chi connectivity index (χ4v) is 6.84. The molecule has 1 amide bonds. The van der Waals surface area contributed by atoms with Crippen molar-refractivity contribution >= 4 is 17.7 Å². The summed E-state index contributed by atoms with van der Waals surface area (Å²) < 4.78 is 6.42. The summed E-state index contributed by atoms with van der Waals surface area (Å²) in [5, 5.41) is 4.24. The van der Waals surface area contributed by atoms with Gasteiger partial charge in [-0.25, -0.2) is 0 Å². The van der Waals surface area contributed by atoms with E-state index < -0.39 is 0 Å². The van der Waals surface area contributed by atoms with Gasteiger partial charge in [0.25, 0.3) is 5.91 Å². The third kappa shape index (κ3) is 3.95. The molecule has 1 N–H and O–H groups in total. The Morgan fingerprint density at radius 3 is 2.77 bits per heavy atom. The summed E-state index contributed by atoms with van der Waals surface area (Å²) in [6, 6.07) is 0. The monoisotopic (exact) mass is 380 g/mol. The minimum Gasteiger partial charge on any atom is -0.365 e. The molecule has 1 saturated carbocycles. The third-order valence-electron chi connectivity index (χ3n) is 7.19. The van der Waals surface area contributed by atoms with Gasteiger partial charge in [0.05, 0.1) is 12.3 Å². The van der Waals surface area contributed by atoms with Gasteiger partial charge in [-0.2, -0.15) is 11.8 Å². The van der Waals surface area contributed by atoms with Crippen molar-refractivity contribution in [2.24, 2.45) is 17.8 Å². The lowest BCUT2D eigenvalue weighted by Crippen LogP contribution is -2.56. The van der Waals surface area contributed by atoms with Crippen LogP contribution in [0.1, 0.15) is 65.2 Å². The van der Waals surface area contributed by atoms with Gasteiger partial charge in [0, 0.05) is 11.8 Å². The van der Waals surface area contributed by atoms with Crippen molar-refractivity contribution in [3.8, 4) is 0 Å². The molecule has 3 saturated heterocycles. The Labute approximate surface area is 163 Å². The summed E-state index contributed by atoms with van der Waals surface area (Å²) in [6.45, 7) is 6.53. The predicted octanol–water partition coefficient (Wildman–Crippen LogP) is 3.65. The molecule has 7 atom stereocenters. The fraction of sp³-hybridized carbons (Fsp3) is 0.952. The normalized spacial score (nSPS) is 43.2. The van der Waals surface area contributed by atoms with Crippen molar-refractivity contribution in [3.05, 3.63) is 0 Å². The van der Waals surface area contributed by atoms with E-state index in [0.29, 0.717) is 23.2 Å². The van der Waals surface area contributed by atoms with E-state index in [9.17, 15) is 4.79 Å². The van der Waals surface area contributed by atoms with E-state index in [2.05, 4.69) is 35.8 Å². The quantitative estimate of drug-likeness (QED) is 0.808. The third-order valence-corrected chi connectivity index (χ3v) is 8.57. The van der Waals surface area contributed by atoms with Crippen LogP contribution in [0.2, 0.25) is 0 Å². The van der Waals surface area contributed by atoms with Crippen LogP contribution in [0.4, 0.5) is 0 Å². The Morgan fingerprint density at radius 2 is 2.04 bits per heavy atom. The zero-order valence-corrected chi connectivity index (χ0v) is 17.3. The Balaban J connectivity index is 1.47. The highest BCUT2D eigenvalue weighted by Gasteiger charge is 2.48. The molecule has 0 spiro atoms. The second-order valence-corrected chi connectivity index (χ2v) is 10.5. The van der Waals surface area contributed by atoms with Gasteiger partial charge in [0.15, 0.2) is 0 Å². The lowest BCUT2D eigenvalue weighted by molar-refractivity contribution is -0.148. The van der Waals surface area contributed by atoms with E-state index in [-0.39, 0.29) is 18.2 Å². The van der Waals surface area contributed by atoms with E-state index in [1.807, 2.05) is 0 Å². The lowest BCUT2D eigenvalue weighted by atomic mass is 9.75. The van der Waals surface area contributed by atoms with E-state index in [1.54, 1.807) is 0 Å². The molecule has 5 heteroatoms. The molecule has 4 rings (SSSR count). The van der Waals surface area contributed by atoms with E-state index in [4.69, 9.17) is 4.74 Å². The molecule has 26 heavy (non-hydrogen) atoms. The summed E-state index contributed by atoms with van der Waals surface area (Å²) in [6.07, 6.45) is 10.1. The molecule has 3 heterocycles. The first-order valence-corrected chi connectivity index (χ1v) is 12.0. The Bertz CT molecular complexity index is 490. The molecule has 0 radical (unpaired) electrons. The number of hydrogen-bond donors (Lipinski definition) is 1. The molecule has 0 aromatic carbocycles. The summed E-state index contributed by atoms with van der Waals surface area (Å²) in [7, 11) is 0. The molecule has 7 unspecified atom stereocenters. The minimum atomic E-state index is -0.217. The minimum absolute atomic E-state index is 0.217. The van der Waals surface area contributed by atoms with Crippen molar-refractivity contribution in [2.45, 2.75) is 88.8 Å². The number of hydrogen-bond acceptors (Lipinski definition) is 4. The van der Waals surface area contributed by atoms with Crippen LogP contribution in [0.3, 0.4) is 0 Å². The van der Waals surface area contributed by atoms with E-state index in [1.165, 1.54) is 44.3 Å². The van der Waals surface area contributed by atoms with Gasteiger partial charge in [-0.05, 0) is 75.0 Å². The van der Waals surface area contributed by atoms with Crippen LogP contribution >= 0.6 is 11.8 Å². The molecule has 4 fully saturated rings. The molecule has 0 aromatic rings. The van der Waals surface area contributed by atoms with Crippen LogP contribution in [0.5, 0.6) is 0 Å². The number of ether oxygens (including phenoxy) is 1. The Kier molecular flexibility index (Phi) is 6.16. The van der Waals surface area contributed by atoms with Crippen LogP contribution in [0, 0.1) is 17.8 Å². The molecule has 1 aliphatic carbocycles. The largest absolute Gasteiger partial charge is 0.365 e. The first kappa shape index (κ1) is 19.1. The molecular formula is C21H36N2O2S. The van der Waals surface area contributed by atoms with Crippen molar-refractivity contribution < 1.29 is 9.53 Å². The summed E-state index contributed by atoms with van der Waals surface area (Å²) in [5.41, 5.74) is 0. The number of carbonyl (C=O) groups is 1. The number of amides is 1. The molecule has 4 nitrogen and oxygen atoms in total. The van der Waals surface area contributed by atoms with Gasteiger partial charge in [-0.1, -0.05) is 20.3 Å². The summed E-state index contributed by atoms with van der Waals surface area (Å²) in [5.74, 6) is 3.21. The van der Waals surface area contributed by atoms with E-state index in [0.717, 1.165) is 31.8 Å². The summed E-state index contributed by atoms with van der Waals surface area (Å²) >= 11 is 2.05. The highest BCUT2D eigenvalue weighted by atomic mass is 32.2. The van der Waals surface area contributed by atoms with Crippen molar-refractivity contribution in [1.29, 1.82) is 0 Å². The standard InChI is InChI=1S/C21H36N2O2S/c1-14-8-9-17-15(2)20(25-18(17)12-14)21(24)23(13-16-6-5-11-26-16)19-7-3-4-10-22-19/h14-20,22H,3-13H2,1-2H3. The van der Waals surface area contributed by atoms with Crippen LogP contribution in [0.25, 0.3) is 0 Å². The maximum atomic E-state index is 13.6. The van der Waals surface area contributed by atoms with Gasteiger partial charge in [-0.15, -0.1) is 0 Å². The zero-order chi connectivity index (χ0) is 18.1. The predicted molar refractivity (Wildman–Crippen MR) is 107 cm³/mol. The van der Waals surface area contributed by atoms with Gasteiger partial charge >= 0.3 is 0 Å².